The van der Waals surface area contributed by atoms with E-state index in [1.54, 1.807) is 4.90 Å². The first kappa shape index (κ1) is 13.6. The van der Waals surface area contributed by atoms with Gasteiger partial charge in [-0.15, -0.1) is 0 Å². The fourth-order valence-corrected chi connectivity index (χ4v) is 2.29. The fraction of sp³-hybridized carbons (Fsp3) is 0.467. The van der Waals surface area contributed by atoms with Gasteiger partial charge in [-0.05, 0) is 19.4 Å². The lowest BCUT2D eigenvalue weighted by Gasteiger charge is -2.13. The molecule has 0 spiro atoms. The minimum atomic E-state index is -0.196. The van der Waals surface area contributed by atoms with E-state index in [4.69, 9.17) is 0 Å². The molecule has 1 aliphatic rings. The van der Waals surface area contributed by atoms with Crippen LogP contribution in [-0.4, -0.2) is 29.8 Å². The van der Waals surface area contributed by atoms with Crippen molar-refractivity contribution in [2.24, 2.45) is 5.92 Å². The third-order valence-corrected chi connectivity index (χ3v) is 3.55. The van der Waals surface area contributed by atoms with E-state index in [0.29, 0.717) is 26.1 Å². The van der Waals surface area contributed by atoms with E-state index in [9.17, 15) is 9.59 Å². The maximum atomic E-state index is 12.0. The fourth-order valence-electron chi connectivity index (χ4n) is 2.29. The standard InChI is InChI=1S/C15H20N2O2/c1-3-17-10-13(8-14(17)18)15(19)16-9-12-6-4-11(2)5-7-12/h4-7,13H,3,8-10H2,1-2H3,(H,16,19). The van der Waals surface area contributed by atoms with Crippen molar-refractivity contribution in [1.29, 1.82) is 0 Å². The van der Waals surface area contributed by atoms with Crippen LogP contribution in [0.2, 0.25) is 0 Å². The summed E-state index contributed by atoms with van der Waals surface area (Å²) in [6.45, 7) is 5.72. The second-order valence-electron chi connectivity index (χ2n) is 5.04. The molecule has 1 fully saturated rings. The molecule has 0 aromatic heterocycles. The molecule has 0 aliphatic carbocycles. The summed E-state index contributed by atoms with van der Waals surface area (Å²) in [4.78, 5) is 25.3. The number of amides is 2. The van der Waals surface area contributed by atoms with Crippen molar-refractivity contribution in [1.82, 2.24) is 10.2 Å². The van der Waals surface area contributed by atoms with Gasteiger partial charge in [0, 0.05) is 26.1 Å². The number of hydrogen-bond acceptors (Lipinski definition) is 2. The summed E-state index contributed by atoms with van der Waals surface area (Å²) in [7, 11) is 0. The summed E-state index contributed by atoms with van der Waals surface area (Å²) >= 11 is 0. The Morgan fingerprint density at radius 2 is 2.05 bits per heavy atom. The summed E-state index contributed by atoms with van der Waals surface area (Å²) < 4.78 is 0. The largest absolute Gasteiger partial charge is 0.352 e. The molecule has 4 heteroatoms. The maximum absolute atomic E-state index is 12.0. The Labute approximate surface area is 113 Å². The first-order valence-electron chi connectivity index (χ1n) is 6.71. The topological polar surface area (TPSA) is 49.4 Å². The van der Waals surface area contributed by atoms with E-state index in [-0.39, 0.29) is 17.7 Å². The predicted octanol–water partition coefficient (Wildman–Crippen LogP) is 1.48. The zero-order valence-corrected chi connectivity index (χ0v) is 11.5. The molecule has 1 aliphatic heterocycles. The van der Waals surface area contributed by atoms with Crippen molar-refractivity contribution in [2.75, 3.05) is 13.1 Å². The van der Waals surface area contributed by atoms with Crippen LogP contribution in [0.4, 0.5) is 0 Å². The highest BCUT2D eigenvalue weighted by atomic mass is 16.2. The predicted molar refractivity (Wildman–Crippen MR) is 73.4 cm³/mol. The van der Waals surface area contributed by atoms with Gasteiger partial charge in [0.2, 0.25) is 11.8 Å². The number of carbonyl (C=O) groups is 2. The number of rotatable bonds is 4. The molecule has 1 atom stereocenters. The number of nitrogens with one attached hydrogen (secondary N) is 1. The van der Waals surface area contributed by atoms with Gasteiger partial charge in [0.15, 0.2) is 0 Å². The lowest BCUT2D eigenvalue weighted by molar-refractivity contribution is -0.128. The molecule has 0 radical (unpaired) electrons. The Bertz CT molecular complexity index is 468. The average molecular weight is 260 g/mol. The van der Waals surface area contributed by atoms with Gasteiger partial charge >= 0.3 is 0 Å². The molecule has 102 valence electrons. The van der Waals surface area contributed by atoms with Crippen LogP contribution in [-0.2, 0) is 16.1 Å². The van der Waals surface area contributed by atoms with Crippen LogP contribution < -0.4 is 5.32 Å². The lowest BCUT2D eigenvalue weighted by Crippen LogP contribution is -2.32. The maximum Gasteiger partial charge on any atom is 0.225 e. The molecular formula is C15H20N2O2. The van der Waals surface area contributed by atoms with Gasteiger partial charge in [-0.25, -0.2) is 0 Å². The van der Waals surface area contributed by atoms with Crippen molar-refractivity contribution in [2.45, 2.75) is 26.8 Å². The molecule has 1 aromatic rings. The molecule has 19 heavy (non-hydrogen) atoms. The van der Waals surface area contributed by atoms with Crippen molar-refractivity contribution < 1.29 is 9.59 Å². The smallest absolute Gasteiger partial charge is 0.225 e. The van der Waals surface area contributed by atoms with E-state index in [1.807, 2.05) is 38.1 Å². The van der Waals surface area contributed by atoms with Crippen molar-refractivity contribution in [3.63, 3.8) is 0 Å². The molecule has 1 N–H and O–H groups in total. The van der Waals surface area contributed by atoms with Crippen LogP contribution in [0.25, 0.3) is 0 Å². The molecule has 4 nitrogen and oxygen atoms in total. The number of hydrogen-bond donors (Lipinski definition) is 1. The molecule has 1 unspecified atom stereocenters. The van der Waals surface area contributed by atoms with Gasteiger partial charge in [-0.1, -0.05) is 29.8 Å². The van der Waals surface area contributed by atoms with Gasteiger partial charge in [-0.3, -0.25) is 9.59 Å². The van der Waals surface area contributed by atoms with Crippen LogP contribution in [0, 0.1) is 12.8 Å². The quantitative estimate of drug-likeness (QED) is 0.891. The number of likely N-dealkylation sites (tertiary alicyclic amines) is 1. The summed E-state index contributed by atoms with van der Waals surface area (Å²) in [5.41, 5.74) is 2.28. The van der Waals surface area contributed by atoms with Crippen LogP contribution in [0.3, 0.4) is 0 Å². The van der Waals surface area contributed by atoms with Gasteiger partial charge in [-0.2, -0.15) is 0 Å². The first-order chi connectivity index (χ1) is 9.10. The van der Waals surface area contributed by atoms with Gasteiger partial charge in [0.25, 0.3) is 0 Å². The van der Waals surface area contributed by atoms with E-state index in [2.05, 4.69) is 5.32 Å². The molecule has 2 rings (SSSR count). The monoisotopic (exact) mass is 260 g/mol. The van der Waals surface area contributed by atoms with Gasteiger partial charge in [0.1, 0.15) is 0 Å². The molecule has 1 aromatic carbocycles. The third-order valence-electron chi connectivity index (χ3n) is 3.55. The Morgan fingerprint density at radius 1 is 1.37 bits per heavy atom. The van der Waals surface area contributed by atoms with Crippen LogP contribution in [0.15, 0.2) is 24.3 Å². The van der Waals surface area contributed by atoms with Gasteiger partial charge in [0.05, 0.1) is 5.92 Å². The summed E-state index contributed by atoms with van der Waals surface area (Å²) in [6.07, 6.45) is 0.341. The molecule has 0 saturated carbocycles. The molecule has 1 heterocycles. The number of aryl methyl sites for hydroxylation is 1. The average Bonchev–Trinajstić information content (AvgIpc) is 2.79. The Hall–Kier alpha value is -1.84. The summed E-state index contributed by atoms with van der Waals surface area (Å²) in [6, 6.07) is 8.07. The second kappa shape index (κ2) is 5.87. The van der Waals surface area contributed by atoms with E-state index >= 15 is 0 Å². The third kappa shape index (κ3) is 3.34. The van der Waals surface area contributed by atoms with E-state index in [0.717, 1.165) is 5.56 Å². The second-order valence-corrected chi connectivity index (χ2v) is 5.04. The molecule has 1 saturated heterocycles. The minimum absolute atomic E-state index is 0.0233. The van der Waals surface area contributed by atoms with E-state index < -0.39 is 0 Å². The van der Waals surface area contributed by atoms with Crippen molar-refractivity contribution in [3.8, 4) is 0 Å². The van der Waals surface area contributed by atoms with Crippen LogP contribution in [0.5, 0.6) is 0 Å². The normalized spacial score (nSPS) is 18.7. The summed E-state index contributed by atoms with van der Waals surface area (Å²) in [5.74, 6) is -0.138. The highest BCUT2D eigenvalue weighted by Crippen LogP contribution is 2.17. The number of nitrogens with zero attached hydrogens (tertiary/aromatic N) is 1. The molecular weight excluding hydrogens is 240 g/mol. The number of benzene rings is 1. The molecule has 2 amide bonds. The Morgan fingerprint density at radius 3 is 2.63 bits per heavy atom. The van der Waals surface area contributed by atoms with Crippen LogP contribution in [0.1, 0.15) is 24.5 Å². The first-order valence-corrected chi connectivity index (χ1v) is 6.71. The van der Waals surface area contributed by atoms with Crippen molar-refractivity contribution in [3.05, 3.63) is 35.4 Å². The van der Waals surface area contributed by atoms with Crippen LogP contribution >= 0.6 is 0 Å². The van der Waals surface area contributed by atoms with Crippen molar-refractivity contribution >= 4 is 11.8 Å². The number of carbonyl (C=O) groups excluding carboxylic acids is 2. The molecule has 0 bridgehead atoms. The zero-order valence-electron chi connectivity index (χ0n) is 11.5. The highest BCUT2D eigenvalue weighted by Gasteiger charge is 2.32. The zero-order chi connectivity index (χ0) is 13.8. The van der Waals surface area contributed by atoms with E-state index in [1.165, 1.54) is 5.56 Å². The SMILES string of the molecule is CCN1CC(C(=O)NCc2ccc(C)cc2)CC1=O. The van der Waals surface area contributed by atoms with Gasteiger partial charge < -0.3 is 10.2 Å². The Kier molecular flexibility index (Phi) is 4.20. The summed E-state index contributed by atoms with van der Waals surface area (Å²) in [5, 5.41) is 2.91. The Balaban J connectivity index is 1.85. The highest BCUT2D eigenvalue weighted by molar-refractivity contribution is 5.89. The minimum Gasteiger partial charge on any atom is -0.352 e. The lowest BCUT2D eigenvalue weighted by atomic mass is 10.1.